The number of rotatable bonds is 7. The molecule has 11 atom stereocenters. The van der Waals surface area contributed by atoms with Gasteiger partial charge in [-0.3, -0.25) is 4.79 Å². The van der Waals surface area contributed by atoms with E-state index in [0.717, 1.165) is 6.07 Å². The number of ether oxygens (including phenoxy) is 6. The predicted molar refractivity (Wildman–Crippen MR) is 141 cm³/mol. The van der Waals surface area contributed by atoms with E-state index in [0.29, 0.717) is 5.56 Å². The minimum absolute atomic E-state index is 0.0457. The molecular formula is C28H34O15. The summed E-state index contributed by atoms with van der Waals surface area (Å²) >= 11 is 0. The van der Waals surface area contributed by atoms with Crippen LogP contribution in [-0.2, 0) is 14.2 Å². The lowest BCUT2D eigenvalue weighted by Gasteiger charge is -2.42. The number of ketones is 1. The van der Waals surface area contributed by atoms with Gasteiger partial charge in [-0.25, -0.2) is 0 Å². The van der Waals surface area contributed by atoms with E-state index in [9.17, 15) is 45.6 Å². The number of benzene rings is 2. The number of aliphatic hydroxyl groups excluding tert-OH is 6. The van der Waals surface area contributed by atoms with Crippen molar-refractivity contribution in [2.24, 2.45) is 0 Å². The number of fused-ring (bicyclic) bond motifs is 1. The zero-order valence-electron chi connectivity index (χ0n) is 23.1. The Labute approximate surface area is 245 Å². The molecule has 2 fully saturated rings. The molecule has 43 heavy (non-hydrogen) atoms. The average Bonchev–Trinajstić information content (AvgIpc) is 2.97. The smallest absolute Gasteiger partial charge is 0.229 e. The number of Topliss-reactive ketones (excluding diaryl/α,β-unsaturated/α-hetero) is 1. The molecule has 0 spiro atoms. The Bertz CT molecular complexity index is 1320. The summed E-state index contributed by atoms with van der Waals surface area (Å²) in [5.74, 6) is -0.999. The lowest BCUT2D eigenvalue weighted by atomic mass is 9.95. The molecule has 0 amide bonds. The molecule has 0 aromatic heterocycles. The first-order valence-corrected chi connectivity index (χ1v) is 13.5. The first kappa shape index (κ1) is 31.2. The number of carbonyl (C=O) groups is 1. The van der Waals surface area contributed by atoms with Gasteiger partial charge in [-0.1, -0.05) is 6.07 Å². The summed E-state index contributed by atoms with van der Waals surface area (Å²) < 4.78 is 33.1. The molecule has 3 aliphatic rings. The van der Waals surface area contributed by atoms with E-state index in [-0.39, 0.29) is 35.0 Å². The predicted octanol–water partition coefficient (Wildman–Crippen LogP) is -1.16. The van der Waals surface area contributed by atoms with Gasteiger partial charge >= 0.3 is 0 Å². The third-order valence-electron chi connectivity index (χ3n) is 7.70. The van der Waals surface area contributed by atoms with Crippen molar-refractivity contribution < 1.29 is 74.1 Å². The molecular weight excluding hydrogens is 576 g/mol. The number of phenols is 2. The molecule has 2 aromatic carbocycles. The Morgan fingerprint density at radius 2 is 1.53 bits per heavy atom. The van der Waals surface area contributed by atoms with Gasteiger partial charge < -0.3 is 69.3 Å². The van der Waals surface area contributed by atoms with Gasteiger partial charge in [0, 0.05) is 12.1 Å². The number of hydrogen-bond acceptors (Lipinski definition) is 15. The fourth-order valence-corrected chi connectivity index (χ4v) is 5.20. The lowest BCUT2D eigenvalue weighted by molar-refractivity contribution is -0.318. The maximum absolute atomic E-state index is 12.9. The van der Waals surface area contributed by atoms with Crippen LogP contribution in [0.3, 0.4) is 0 Å². The maximum atomic E-state index is 12.9. The van der Waals surface area contributed by atoms with E-state index in [1.165, 1.54) is 32.2 Å². The van der Waals surface area contributed by atoms with E-state index >= 15 is 0 Å². The molecule has 2 aromatic rings. The van der Waals surface area contributed by atoms with Gasteiger partial charge in [0.05, 0.1) is 26.2 Å². The Morgan fingerprint density at radius 1 is 0.837 bits per heavy atom. The summed E-state index contributed by atoms with van der Waals surface area (Å²) in [7, 11) is 1.39. The van der Waals surface area contributed by atoms with E-state index in [1.54, 1.807) is 6.07 Å². The van der Waals surface area contributed by atoms with E-state index in [1.807, 2.05) is 0 Å². The van der Waals surface area contributed by atoms with Crippen LogP contribution in [0.1, 0.15) is 35.4 Å². The molecule has 8 N–H and O–H groups in total. The van der Waals surface area contributed by atoms with Crippen LogP contribution in [0.15, 0.2) is 30.3 Å². The summed E-state index contributed by atoms with van der Waals surface area (Å²) in [6, 6.07) is 6.90. The Balaban J connectivity index is 1.30. The van der Waals surface area contributed by atoms with E-state index in [4.69, 9.17) is 28.4 Å². The molecule has 0 saturated carbocycles. The van der Waals surface area contributed by atoms with Gasteiger partial charge in [0.2, 0.25) is 6.29 Å². The van der Waals surface area contributed by atoms with Crippen LogP contribution in [0, 0.1) is 0 Å². The molecule has 0 unspecified atom stereocenters. The first-order valence-electron chi connectivity index (χ1n) is 13.5. The molecule has 0 bridgehead atoms. The normalized spacial score (nSPS) is 36.0. The third-order valence-corrected chi connectivity index (χ3v) is 7.70. The SMILES string of the molecule is COc1ccc([C@@H]2CC(=O)c3c(O)cc(O[C@@H]4O[C@H](CO[C@@H]5O[C@@H](C)[C@H](O)[C@H](O)[C@@H]5O)[C@@H](O)[C@H](O)[C@@H]4O)cc3O2)cc1O. The molecule has 5 rings (SSSR count). The zero-order valence-corrected chi connectivity index (χ0v) is 23.1. The first-order chi connectivity index (χ1) is 20.4. The van der Waals surface area contributed by atoms with Crippen LogP contribution in [0.5, 0.6) is 28.7 Å². The molecule has 3 heterocycles. The molecule has 15 heteroatoms. The summed E-state index contributed by atoms with van der Waals surface area (Å²) in [5, 5.41) is 82.2. The zero-order chi connectivity index (χ0) is 31.2. The number of carbonyl (C=O) groups excluding carboxylic acids is 1. The summed E-state index contributed by atoms with van der Waals surface area (Å²) in [6.45, 7) is 0.964. The van der Waals surface area contributed by atoms with Gasteiger partial charge in [-0.05, 0) is 24.6 Å². The molecule has 15 nitrogen and oxygen atoms in total. The monoisotopic (exact) mass is 610 g/mol. The van der Waals surface area contributed by atoms with Crippen molar-refractivity contribution in [2.45, 2.75) is 80.9 Å². The molecule has 236 valence electrons. The van der Waals surface area contributed by atoms with Gasteiger partial charge in [0.1, 0.15) is 71.6 Å². The maximum Gasteiger partial charge on any atom is 0.229 e. The number of methoxy groups -OCH3 is 1. The summed E-state index contributed by atoms with van der Waals surface area (Å²) in [4.78, 5) is 12.9. The largest absolute Gasteiger partial charge is 0.507 e. The summed E-state index contributed by atoms with van der Waals surface area (Å²) in [5.41, 5.74) is 0.373. The topological polar surface area (TPSA) is 234 Å². The van der Waals surface area contributed by atoms with Gasteiger partial charge in [-0.2, -0.15) is 0 Å². The van der Waals surface area contributed by atoms with Crippen LogP contribution in [0.25, 0.3) is 0 Å². The standard InChI is InChI=1S/C28H34O15/c1-10-21(32)23(34)25(36)27(40-10)39-9-19-22(33)24(35)26(37)28(43-19)41-12-6-14(30)20-15(31)8-17(42-18(20)7-12)11-3-4-16(38-2)13(29)5-11/h3-7,10,17,19,21-30,32-37H,8-9H2,1-2H3/t10-,17-,19+,21-,22+,23-,24-,25-,26-,27+,28+/m0/s1. The van der Waals surface area contributed by atoms with Crippen LogP contribution < -0.4 is 14.2 Å². The third kappa shape index (κ3) is 6.08. The van der Waals surface area contributed by atoms with Gasteiger partial charge in [0.25, 0.3) is 0 Å². The fraction of sp³-hybridized carbons (Fsp3) is 0.536. The van der Waals surface area contributed by atoms with Crippen molar-refractivity contribution >= 4 is 5.78 Å². The Hall–Kier alpha value is -3.25. The number of aliphatic hydroxyl groups is 6. The second kappa shape index (κ2) is 12.4. The second-order valence-electron chi connectivity index (χ2n) is 10.6. The number of phenolic OH excluding ortho intramolecular Hbond substituents is 2. The van der Waals surface area contributed by atoms with Crippen molar-refractivity contribution in [1.82, 2.24) is 0 Å². The molecule has 0 aliphatic carbocycles. The highest BCUT2D eigenvalue weighted by Gasteiger charge is 2.47. The molecule has 3 aliphatic heterocycles. The minimum Gasteiger partial charge on any atom is -0.507 e. The van der Waals surface area contributed by atoms with Crippen molar-refractivity contribution in [3.63, 3.8) is 0 Å². The van der Waals surface area contributed by atoms with Crippen molar-refractivity contribution in [1.29, 1.82) is 0 Å². The molecule has 0 radical (unpaired) electrons. The highest BCUT2D eigenvalue weighted by molar-refractivity contribution is 6.02. The van der Waals surface area contributed by atoms with Gasteiger partial charge in [-0.15, -0.1) is 0 Å². The van der Waals surface area contributed by atoms with Crippen LogP contribution >= 0.6 is 0 Å². The van der Waals surface area contributed by atoms with Crippen LogP contribution in [-0.4, -0.2) is 122 Å². The minimum atomic E-state index is -1.77. The van der Waals surface area contributed by atoms with E-state index in [2.05, 4.69) is 0 Å². The van der Waals surface area contributed by atoms with Crippen LogP contribution in [0.2, 0.25) is 0 Å². The van der Waals surface area contributed by atoms with E-state index < -0.39 is 85.7 Å². The lowest BCUT2D eigenvalue weighted by Crippen LogP contribution is -2.61. The quantitative estimate of drug-likeness (QED) is 0.185. The number of hydrogen-bond donors (Lipinski definition) is 8. The molecule has 2 saturated heterocycles. The highest BCUT2D eigenvalue weighted by Crippen LogP contribution is 2.43. The van der Waals surface area contributed by atoms with Gasteiger partial charge in [0.15, 0.2) is 23.6 Å². The highest BCUT2D eigenvalue weighted by atomic mass is 16.7. The fourth-order valence-electron chi connectivity index (χ4n) is 5.20. The average molecular weight is 611 g/mol. The van der Waals surface area contributed by atoms with Crippen molar-refractivity contribution in [2.75, 3.05) is 13.7 Å². The van der Waals surface area contributed by atoms with Crippen molar-refractivity contribution in [3.05, 3.63) is 41.5 Å². The summed E-state index contributed by atoms with van der Waals surface area (Å²) in [6.07, 6.45) is -15.9. The van der Waals surface area contributed by atoms with Crippen LogP contribution in [0.4, 0.5) is 0 Å². The number of aromatic hydroxyl groups is 2. The second-order valence-corrected chi connectivity index (χ2v) is 10.6. The van der Waals surface area contributed by atoms with Crippen molar-refractivity contribution in [3.8, 4) is 28.7 Å². The Kier molecular flexibility index (Phi) is 8.99. The Morgan fingerprint density at radius 3 is 2.23 bits per heavy atom.